The Balaban J connectivity index is 3.04. The summed E-state index contributed by atoms with van der Waals surface area (Å²) in [6, 6.07) is 3.71. The fourth-order valence-electron chi connectivity index (χ4n) is 1.67. The van der Waals surface area contributed by atoms with E-state index in [0.717, 1.165) is 11.1 Å². The molecule has 0 saturated heterocycles. The third kappa shape index (κ3) is 4.15. The summed E-state index contributed by atoms with van der Waals surface area (Å²) in [7, 11) is 0. The lowest BCUT2D eigenvalue weighted by atomic mass is 10.1. The smallest absolute Gasteiger partial charge is 0.411 e. The van der Waals surface area contributed by atoms with Crippen molar-refractivity contribution < 1.29 is 19.1 Å². The van der Waals surface area contributed by atoms with Crippen molar-refractivity contribution in [3.05, 3.63) is 23.3 Å². The Kier molecular flexibility index (Phi) is 5.83. The number of hydrogen-bond acceptors (Lipinski definition) is 4. The predicted octanol–water partition coefficient (Wildman–Crippen LogP) is 3.44. The van der Waals surface area contributed by atoms with Gasteiger partial charge < -0.3 is 9.47 Å². The number of nitrogens with one attached hydrogen (secondary N) is 2. The number of hydrogen-bond donors (Lipinski definition) is 2. The zero-order valence-electron chi connectivity index (χ0n) is 12.2. The third-order valence-electron chi connectivity index (χ3n) is 2.63. The van der Waals surface area contributed by atoms with Crippen molar-refractivity contribution in [3.63, 3.8) is 0 Å². The van der Waals surface area contributed by atoms with Crippen molar-refractivity contribution in [3.8, 4) is 0 Å². The van der Waals surface area contributed by atoms with Crippen LogP contribution in [0.15, 0.2) is 12.1 Å². The molecular formula is C14H20N2O4. The summed E-state index contributed by atoms with van der Waals surface area (Å²) in [5, 5.41) is 5.27. The Hall–Kier alpha value is -2.24. The third-order valence-corrected chi connectivity index (χ3v) is 2.63. The molecule has 0 aliphatic heterocycles. The van der Waals surface area contributed by atoms with Crippen LogP contribution in [0.25, 0.3) is 0 Å². The molecule has 0 aromatic heterocycles. The van der Waals surface area contributed by atoms with Crippen LogP contribution in [-0.4, -0.2) is 25.4 Å². The van der Waals surface area contributed by atoms with Crippen LogP contribution in [0.3, 0.4) is 0 Å². The number of carbonyl (C=O) groups is 2. The van der Waals surface area contributed by atoms with E-state index in [1.54, 1.807) is 13.8 Å². The summed E-state index contributed by atoms with van der Waals surface area (Å²) in [4.78, 5) is 23.1. The summed E-state index contributed by atoms with van der Waals surface area (Å²) in [6.45, 7) is 7.66. The zero-order chi connectivity index (χ0) is 15.1. The van der Waals surface area contributed by atoms with Gasteiger partial charge >= 0.3 is 12.2 Å². The van der Waals surface area contributed by atoms with E-state index in [1.807, 2.05) is 26.0 Å². The van der Waals surface area contributed by atoms with Gasteiger partial charge in [-0.1, -0.05) is 12.1 Å². The molecule has 6 nitrogen and oxygen atoms in total. The molecule has 1 aromatic rings. The van der Waals surface area contributed by atoms with Gasteiger partial charge in [0.25, 0.3) is 0 Å². The van der Waals surface area contributed by atoms with Gasteiger partial charge in [0.2, 0.25) is 0 Å². The second kappa shape index (κ2) is 7.37. The Labute approximate surface area is 118 Å². The molecule has 0 unspecified atom stereocenters. The van der Waals surface area contributed by atoms with E-state index in [1.165, 1.54) is 0 Å². The second-order valence-corrected chi connectivity index (χ2v) is 4.14. The molecule has 0 spiro atoms. The molecule has 0 bridgehead atoms. The topological polar surface area (TPSA) is 76.7 Å². The van der Waals surface area contributed by atoms with Gasteiger partial charge in [0.05, 0.1) is 24.6 Å². The van der Waals surface area contributed by atoms with Crippen molar-refractivity contribution in [1.29, 1.82) is 0 Å². The van der Waals surface area contributed by atoms with E-state index in [4.69, 9.17) is 9.47 Å². The van der Waals surface area contributed by atoms with E-state index < -0.39 is 12.2 Å². The highest BCUT2D eigenvalue weighted by Crippen LogP contribution is 2.30. The lowest BCUT2D eigenvalue weighted by molar-refractivity contribution is 0.166. The fraction of sp³-hybridized carbons (Fsp3) is 0.429. The largest absolute Gasteiger partial charge is 0.450 e. The molecular weight excluding hydrogens is 260 g/mol. The number of ether oxygens (including phenoxy) is 2. The van der Waals surface area contributed by atoms with Crippen LogP contribution in [0.1, 0.15) is 25.0 Å². The molecule has 1 aromatic carbocycles. The number of anilines is 2. The van der Waals surface area contributed by atoms with Gasteiger partial charge in [0.15, 0.2) is 0 Å². The van der Waals surface area contributed by atoms with E-state index in [-0.39, 0.29) is 13.2 Å². The minimum atomic E-state index is -0.562. The molecule has 0 heterocycles. The monoisotopic (exact) mass is 280 g/mol. The molecule has 110 valence electrons. The summed E-state index contributed by atoms with van der Waals surface area (Å²) in [5.74, 6) is 0. The first-order valence-electron chi connectivity index (χ1n) is 6.47. The van der Waals surface area contributed by atoms with Gasteiger partial charge in [-0.05, 0) is 38.8 Å². The molecule has 1 rings (SSSR count). The molecule has 0 aliphatic rings. The maximum absolute atomic E-state index is 11.6. The number of aryl methyl sites for hydroxylation is 2. The summed E-state index contributed by atoms with van der Waals surface area (Å²) in [5.41, 5.74) is 2.65. The number of rotatable bonds is 4. The van der Waals surface area contributed by atoms with E-state index >= 15 is 0 Å². The van der Waals surface area contributed by atoms with Crippen LogP contribution in [0.4, 0.5) is 21.0 Å². The van der Waals surface area contributed by atoms with E-state index in [9.17, 15) is 9.59 Å². The minimum absolute atomic E-state index is 0.275. The van der Waals surface area contributed by atoms with Crippen molar-refractivity contribution >= 4 is 23.6 Å². The maximum Gasteiger partial charge on any atom is 0.411 e. The van der Waals surface area contributed by atoms with Gasteiger partial charge in [-0.15, -0.1) is 0 Å². The standard InChI is InChI=1S/C14H20N2O4/c1-5-19-13(17)15-11-9(3)7-8-10(4)12(11)16-14(18)20-6-2/h7-8H,5-6H2,1-4H3,(H,15,17)(H,16,18). The van der Waals surface area contributed by atoms with E-state index in [0.29, 0.717) is 11.4 Å². The average molecular weight is 280 g/mol. The van der Waals surface area contributed by atoms with Crippen LogP contribution in [0, 0.1) is 13.8 Å². The molecule has 2 N–H and O–H groups in total. The molecule has 6 heteroatoms. The first kappa shape index (κ1) is 15.8. The van der Waals surface area contributed by atoms with E-state index in [2.05, 4.69) is 10.6 Å². The van der Waals surface area contributed by atoms with Crippen molar-refractivity contribution in [2.45, 2.75) is 27.7 Å². The molecule has 0 aliphatic carbocycles. The normalized spacial score (nSPS) is 9.80. The van der Waals surface area contributed by atoms with Gasteiger partial charge in [0, 0.05) is 0 Å². The molecule has 2 amide bonds. The SMILES string of the molecule is CCOC(=O)Nc1c(C)ccc(C)c1NC(=O)OCC. The highest BCUT2D eigenvalue weighted by Gasteiger charge is 2.15. The summed E-state index contributed by atoms with van der Waals surface area (Å²) < 4.78 is 9.71. The zero-order valence-corrected chi connectivity index (χ0v) is 12.2. The number of benzene rings is 1. The first-order chi connectivity index (χ1) is 9.49. The van der Waals surface area contributed by atoms with Crippen molar-refractivity contribution in [1.82, 2.24) is 0 Å². The highest BCUT2D eigenvalue weighted by molar-refractivity contribution is 5.97. The lowest BCUT2D eigenvalue weighted by Gasteiger charge is -2.16. The maximum atomic E-state index is 11.6. The predicted molar refractivity (Wildman–Crippen MR) is 77.2 cm³/mol. The molecule has 20 heavy (non-hydrogen) atoms. The summed E-state index contributed by atoms with van der Waals surface area (Å²) >= 11 is 0. The molecule has 0 saturated carbocycles. The van der Waals surface area contributed by atoms with Gasteiger partial charge in [-0.2, -0.15) is 0 Å². The molecule has 0 atom stereocenters. The van der Waals surface area contributed by atoms with Crippen LogP contribution >= 0.6 is 0 Å². The van der Waals surface area contributed by atoms with Gasteiger partial charge in [-0.3, -0.25) is 10.6 Å². The average Bonchev–Trinajstić information content (AvgIpc) is 2.38. The van der Waals surface area contributed by atoms with Crippen LogP contribution in [0.2, 0.25) is 0 Å². The molecule has 0 radical (unpaired) electrons. The first-order valence-corrected chi connectivity index (χ1v) is 6.47. The minimum Gasteiger partial charge on any atom is -0.450 e. The summed E-state index contributed by atoms with van der Waals surface area (Å²) in [6.07, 6.45) is -1.12. The Morgan fingerprint density at radius 2 is 1.25 bits per heavy atom. The van der Waals surface area contributed by atoms with Crippen LogP contribution in [-0.2, 0) is 9.47 Å². The number of carbonyl (C=O) groups excluding carboxylic acids is 2. The Morgan fingerprint density at radius 1 is 0.900 bits per heavy atom. The van der Waals surface area contributed by atoms with Crippen molar-refractivity contribution in [2.75, 3.05) is 23.8 Å². The Bertz CT molecular complexity index is 455. The fourth-order valence-corrected chi connectivity index (χ4v) is 1.67. The van der Waals surface area contributed by atoms with Gasteiger partial charge in [-0.25, -0.2) is 9.59 Å². The number of amides is 2. The van der Waals surface area contributed by atoms with Crippen LogP contribution < -0.4 is 10.6 Å². The van der Waals surface area contributed by atoms with Gasteiger partial charge in [0.1, 0.15) is 0 Å². The molecule has 0 fully saturated rings. The quantitative estimate of drug-likeness (QED) is 0.885. The van der Waals surface area contributed by atoms with Crippen LogP contribution in [0.5, 0.6) is 0 Å². The van der Waals surface area contributed by atoms with Crippen molar-refractivity contribution in [2.24, 2.45) is 0 Å². The lowest BCUT2D eigenvalue weighted by Crippen LogP contribution is -2.19. The second-order valence-electron chi connectivity index (χ2n) is 4.14. The Morgan fingerprint density at radius 3 is 1.55 bits per heavy atom. The highest BCUT2D eigenvalue weighted by atomic mass is 16.6.